The molecule has 3 rings (SSSR count). The minimum Gasteiger partial charge on any atom is -0.444 e. The van der Waals surface area contributed by atoms with E-state index in [1.165, 1.54) is 0 Å². The molecule has 0 spiro atoms. The van der Waals surface area contributed by atoms with Crippen molar-refractivity contribution in [2.45, 2.75) is 51.4 Å². The van der Waals surface area contributed by atoms with Gasteiger partial charge in [-0.1, -0.05) is 11.6 Å². The lowest BCUT2D eigenvalue weighted by molar-refractivity contribution is -0.137. The van der Waals surface area contributed by atoms with Crippen LogP contribution in [0.25, 0.3) is 0 Å². The second-order valence-corrected chi connectivity index (χ2v) is 8.53. The van der Waals surface area contributed by atoms with Crippen LogP contribution >= 0.6 is 11.6 Å². The fourth-order valence-corrected chi connectivity index (χ4v) is 3.92. The topological polar surface area (TPSA) is 67.3 Å². The quantitative estimate of drug-likeness (QED) is 0.797. The molecule has 1 amide bonds. The molecule has 1 saturated heterocycles. The Hall–Kier alpha value is -1.77. The highest BCUT2D eigenvalue weighted by atomic mass is 35.5. The van der Waals surface area contributed by atoms with Crippen molar-refractivity contribution >= 4 is 23.5 Å². The van der Waals surface area contributed by atoms with Gasteiger partial charge >= 0.3 is 12.3 Å². The molecule has 10 heteroatoms. The molecule has 1 aromatic rings. The molecule has 1 aromatic heterocycles. The zero-order valence-corrected chi connectivity index (χ0v) is 16.1. The maximum atomic E-state index is 13.2. The van der Waals surface area contributed by atoms with Crippen molar-refractivity contribution in [3.63, 3.8) is 0 Å². The molecule has 1 N–H and O–H groups in total. The Balaban J connectivity index is 1.61. The highest BCUT2D eigenvalue weighted by molar-refractivity contribution is 6.29. The summed E-state index contributed by atoms with van der Waals surface area (Å²) in [6.07, 6.45) is -3.59. The van der Waals surface area contributed by atoms with Crippen LogP contribution in [0, 0.1) is 11.8 Å². The van der Waals surface area contributed by atoms with Gasteiger partial charge in [0.2, 0.25) is 0 Å². The van der Waals surface area contributed by atoms with Crippen molar-refractivity contribution in [2.24, 2.45) is 11.8 Å². The van der Waals surface area contributed by atoms with Gasteiger partial charge in [0.05, 0.1) is 0 Å². The molecule has 1 saturated carbocycles. The van der Waals surface area contributed by atoms with E-state index in [0.717, 1.165) is 6.07 Å². The second-order valence-electron chi connectivity index (χ2n) is 8.15. The summed E-state index contributed by atoms with van der Waals surface area (Å²) < 4.78 is 44.9. The van der Waals surface area contributed by atoms with E-state index in [2.05, 4.69) is 15.5 Å². The number of carbonyl (C=O) groups is 1. The molecule has 1 aliphatic heterocycles. The van der Waals surface area contributed by atoms with Crippen LogP contribution in [0.15, 0.2) is 6.07 Å². The van der Waals surface area contributed by atoms with Gasteiger partial charge in [0, 0.05) is 19.1 Å². The van der Waals surface area contributed by atoms with Crippen molar-refractivity contribution < 1.29 is 22.7 Å². The molecule has 2 aliphatic rings. The van der Waals surface area contributed by atoms with Crippen LogP contribution in [-0.2, 0) is 10.9 Å². The van der Waals surface area contributed by atoms with Gasteiger partial charge in [0.15, 0.2) is 11.0 Å². The summed E-state index contributed by atoms with van der Waals surface area (Å²) in [6, 6.07) is 0.619. The second kappa shape index (κ2) is 7.00. The Morgan fingerprint density at radius 3 is 2.33 bits per heavy atom. The number of alkyl halides is 3. The monoisotopic (exact) mass is 406 g/mol. The normalized spacial score (nSPS) is 25.4. The first-order valence-corrected chi connectivity index (χ1v) is 9.15. The molecule has 0 aromatic carbocycles. The zero-order valence-electron chi connectivity index (χ0n) is 15.3. The number of amides is 1. The number of nitrogens with zero attached hydrogens (tertiary/aromatic N) is 3. The summed E-state index contributed by atoms with van der Waals surface area (Å²) in [5.74, 6) is 0.148. The van der Waals surface area contributed by atoms with Gasteiger partial charge in [-0.25, -0.2) is 4.79 Å². The number of carbonyl (C=O) groups excluding carboxylic acids is 1. The SMILES string of the molecule is CC(C)(C)OC(=O)N1C[C@H]2C[C@H](Nc3nnc(Cl)cc3C(F)(F)F)C[C@H]2C1. The molecule has 2 heterocycles. The van der Waals surface area contributed by atoms with E-state index in [1.807, 2.05) is 20.8 Å². The maximum absolute atomic E-state index is 13.2. The number of anilines is 1. The van der Waals surface area contributed by atoms with Crippen molar-refractivity contribution in [1.29, 1.82) is 0 Å². The minimum absolute atomic E-state index is 0.155. The number of nitrogens with one attached hydrogen (secondary N) is 1. The highest BCUT2D eigenvalue weighted by Crippen LogP contribution is 2.41. The van der Waals surface area contributed by atoms with Crippen molar-refractivity contribution in [2.75, 3.05) is 18.4 Å². The fourth-order valence-electron chi connectivity index (χ4n) is 3.78. The number of ether oxygens (including phenoxy) is 1. The fraction of sp³-hybridized carbons (Fsp3) is 0.706. The lowest BCUT2D eigenvalue weighted by Gasteiger charge is -2.25. The van der Waals surface area contributed by atoms with Crippen LogP contribution in [0.5, 0.6) is 0 Å². The van der Waals surface area contributed by atoms with E-state index < -0.39 is 17.3 Å². The molecule has 2 fully saturated rings. The number of aromatic nitrogens is 2. The van der Waals surface area contributed by atoms with Crippen LogP contribution in [0.1, 0.15) is 39.2 Å². The predicted molar refractivity (Wildman–Crippen MR) is 93.5 cm³/mol. The number of halogens is 4. The van der Waals surface area contributed by atoms with Crippen LogP contribution in [-0.4, -0.2) is 45.9 Å². The molecular weight excluding hydrogens is 385 g/mol. The van der Waals surface area contributed by atoms with Crippen LogP contribution in [0.3, 0.4) is 0 Å². The summed E-state index contributed by atoms with van der Waals surface area (Å²) in [7, 11) is 0. The van der Waals surface area contributed by atoms with Crippen LogP contribution in [0.4, 0.5) is 23.8 Å². The molecule has 0 radical (unpaired) electrons. The van der Waals surface area contributed by atoms with Crippen molar-refractivity contribution in [3.05, 3.63) is 16.8 Å². The van der Waals surface area contributed by atoms with Gasteiger partial charge in [-0.2, -0.15) is 13.2 Å². The molecule has 6 nitrogen and oxygen atoms in total. The molecular formula is C17H22ClF3N4O2. The zero-order chi connectivity index (χ0) is 20.0. The Morgan fingerprint density at radius 2 is 1.81 bits per heavy atom. The van der Waals surface area contributed by atoms with Crippen LogP contribution < -0.4 is 5.32 Å². The first-order chi connectivity index (χ1) is 12.4. The van der Waals surface area contributed by atoms with Gasteiger partial charge < -0.3 is 15.0 Å². The van der Waals surface area contributed by atoms with Gasteiger partial charge in [0.25, 0.3) is 0 Å². The molecule has 1 aliphatic carbocycles. The van der Waals surface area contributed by atoms with E-state index in [0.29, 0.717) is 25.9 Å². The molecule has 0 bridgehead atoms. The average Bonchev–Trinajstić information content (AvgIpc) is 3.04. The Kier molecular flexibility index (Phi) is 5.18. The highest BCUT2D eigenvalue weighted by Gasteiger charge is 2.44. The van der Waals surface area contributed by atoms with E-state index in [-0.39, 0.29) is 34.9 Å². The van der Waals surface area contributed by atoms with Crippen molar-refractivity contribution in [1.82, 2.24) is 15.1 Å². The minimum atomic E-state index is -4.57. The molecule has 0 unspecified atom stereocenters. The number of fused-ring (bicyclic) bond motifs is 1. The molecule has 3 atom stereocenters. The Labute approximate surface area is 160 Å². The Morgan fingerprint density at radius 1 is 1.22 bits per heavy atom. The van der Waals surface area contributed by atoms with Gasteiger partial charge in [-0.15, -0.1) is 10.2 Å². The molecule has 150 valence electrons. The predicted octanol–water partition coefficient (Wildman–Crippen LogP) is 4.21. The Bertz CT molecular complexity index is 709. The van der Waals surface area contributed by atoms with Gasteiger partial charge in [-0.3, -0.25) is 0 Å². The third-order valence-corrected chi connectivity index (χ3v) is 5.00. The largest absolute Gasteiger partial charge is 0.444 e. The van der Waals surface area contributed by atoms with E-state index in [4.69, 9.17) is 16.3 Å². The van der Waals surface area contributed by atoms with E-state index in [1.54, 1.807) is 4.90 Å². The third kappa shape index (κ3) is 4.75. The average molecular weight is 407 g/mol. The summed E-state index contributed by atoms with van der Waals surface area (Å²) in [4.78, 5) is 13.9. The number of rotatable bonds is 2. The van der Waals surface area contributed by atoms with Gasteiger partial charge in [-0.05, 0) is 51.5 Å². The number of hydrogen-bond acceptors (Lipinski definition) is 5. The summed E-state index contributed by atoms with van der Waals surface area (Å²) >= 11 is 5.56. The number of likely N-dealkylation sites (tertiary alicyclic amines) is 1. The standard InChI is InChI=1S/C17H22ClF3N4O2/c1-16(2,3)27-15(26)25-7-9-4-11(5-10(9)8-25)22-14-12(17(19,20)21)6-13(18)23-24-14/h6,9-11H,4-5,7-8H2,1-3H3,(H,22,24)/t9-,10+,11+. The smallest absolute Gasteiger partial charge is 0.420 e. The maximum Gasteiger partial charge on any atom is 0.420 e. The summed E-state index contributed by atoms with van der Waals surface area (Å²) in [6.45, 7) is 6.54. The van der Waals surface area contributed by atoms with E-state index in [9.17, 15) is 18.0 Å². The summed E-state index contributed by atoms with van der Waals surface area (Å²) in [5.41, 5.74) is -1.48. The van der Waals surface area contributed by atoms with Crippen LogP contribution in [0.2, 0.25) is 5.15 Å². The lowest BCUT2D eigenvalue weighted by Crippen LogP contribution is -2.36. The first-order valence-electron chi connectivity index (χ1n) is 8.77. The third-order valence-electron chi connectivity index (χ3n) is 4.81. The van der Waals surface area contributed by atoms with Gasteiger partial charge in [0.1, 0.15) is 11.2 Å². The number of hydrogen-bond donors (Lipinski definition) is 1. The lowest BCUT2D eigenvalue weighted by atomic mass is 10.0. The van der Waals surface area contributed by atoms with Crippen molar-refractivity contribution in [3.8, 4) is 0 Å². The van der Waals surface area contributed by atoms with E-state index >= 15 is 0 Å². The summed E-state index contributed by atoms with van der Waals surface area (Å²) in [5, 5.41) is 9.67. The molecule has 27 heavy (non-hydrogen) atoms. The first kappa shape index (κ1) is 20.0.